The van der Waals surface area contributed by atoms with Gasteiger partial charge in [0, 0.05) is 62.5 Å². The number of ether oxygens (including phenoxy) is 2. The van der Waals surface area contributed by atoms with Crippen LogP contribution in [0.3, 0.4) is 0 Å². The van der Waals surface area contributed by atoms with E-state index < -0.39 is 0 Å². The summed E-state index contributed by atoms with van der Waals surface area (Å²) in [4.78, 5) is 9.09. The summed E-state index contributed by atoms with van der Waals surface area (Å²) in [5.74, 6) is 0.638. The van der Waals surface area contributed by atoms with Gasteiger partial charge < -0.3 is 20.1 Å². The van der Waals surface area contributed by atoms with Crippen LogP contribution in [0.1, 0.15) is 51.1 Å². The first-order valence-electron chi connectivity index (χ1n) is 12.8. The van der Waals surface area contributed by atoms with Crippen molar-refractivity contribution in [3.05, 3.63) is 40.4 Å². The minimum atomic E-state index is 0.220. The average Bonchev–Trinajstić information content (AvgIpc) is 2.86. The van der Waals surface area contributed by atoms with Gasteiger partial charge in [-0.3, -0.25) is 4.98 Å². The Morgan fingerprint density at radius 3 is 2.57 bits per heavy atom. The maximum absolute atomic E-state index is 6.60. The van der Waals surface area contributed by atoms with Gasteiger partial charge >= 0.3 is 0 Å². The molecule has 6 nitrogen and oxygen atoms in total. The lowest BCUT2D eigenvalue weighted by molar-refractivity contribution is 0.0300. The maximum atomic E-state index is 6.60. The van der Waals surface area contributed by atoms with Crippen LogP contribution in [0.15, 0.2) is 24.5 Å². The van der Waals surface area contributed by atoms with Crippen molar-refractivity contribution in [2.75, 3.05) is 45.3 Å². The molecule has 192 valence electrons. The van der Waals surface area contributed by atoms with Gasteiger partial charge in [-0.1, -0.05) is 30.1 Å². The first-order valence-corrected chi connectivity index (χ1v) is 13.6. The van der Waals surface area contributed by atoms with Crippen LogP contribution in [0.25, 0.3) is 11.1 Å². The molecule has 1 aliphatic heterocycles. The first-order chi connectivity index (χ1) is 17.0. The molecule has 4 rings (SSSR count). The Hall–Kier alpha value is -1.44. The van der Waals surface area contributed by atoms with Gasteiger partial charge in [0.05, 0.1) is 23.5 Å². The largest absolute Gasteiger partial charge is 0.383 e. The van der Waals surface area contributed by atoms with E-state index >= 15 is 0 Å². The average molecular weight is 522 g/mol. The van der Waals surface area contributed by atoms with E-state index in [0.29, 0.717) is 22.1 Å². The van der Waals surface area contributed by atoms with Crippen LogP contribution in [0, 0.1) is 11.3 Å². The van der Waals surface area contributed by atoms with E-state index in [1.165, 1.54) is 25.7 Å². The van der Waals surface area contributed by atoms with Gasteiger partial charge in [0.2, 0.25) is 0 Å². The Bertz CT molecular complexity index is 960. The number of halogens is 2. The van der Waals surface area contributed by atoms with Gasteiger partial charge in [0.15, 0.2) is 0 Å². The molecule has 1 saturated carbocycles. The highest BCUT2D eigenvalue weighted by Crippen LogP contribution is 2.36. The molecule has 0 bridgehead atoms. The molecule has 1 aliphatic carbocycles. The highest BCUT2D eigenvalue weighted by molar-refractivity contribution is 6.35. The molecule has 0 unspecified atom stereocenters. The number of rotatable bonds is 10. The number of hydrogen-bond donors (Lipinski definition) is 2. The Morgan fingerprint density at radius 1 is 1.06 bits per heavy atom. The number of aromatic nitrogens is 2. The highest BCUT2D eigenvalue weighted by atomic mass is 35.5. The van der Waals surface area contributed by atoms with Gasteiger partial charge in [-0.25, -0.2) is 4.98 Å². The SMILES string of the molecule is COCCNC1CCC(Cc2cc(-c3cc(NCC4(C)CCOCC4)cnc3Cl)c(Cl)cn2)CC1. The lowest BCUT2D eigenvalue weighted by atomic mass is 9.82. The molecule has 1 saturated heterocycles. The van der Waals surface area contributed by atoms with E-state index in [1.807, 2.05) is 0 Å². The van der Waals surface area contributed by atoms with Gasteiger partial charge in [0.25, 0.3) is 0 Å². The Morgan fingerprint density at radius 2 is 1.83 bits per heavy atom. The zero-order valence-electron chi connectivity index (χ0n) is 20.9. The van der Waals surface area contributed by atoms with E-state index in [1.54, 1.807) is 19.5 Å². The predicted molar refractivity (Wildman–Crippen MR) is 143 cm³/mol. The zero-order chi connectivity index (χ0) is 24.7. The molecule has 35 heavy (non-hydrogen) atoms. The monoisotopic (exact) mass is 520 g/mol. The number of nitrogens with zero attached hydrogens (tertiary/aromatic N) is 2. The highest BCUT2D eigenvalue weighted by Gasteiger charge is 2.27. The van der Waals surface area contributed by atoms with Crippen molar-refractivity contribution in [1.82, 2.24) is 15.3 Å². The van der Waals surface area contributed by atoms with Crippen molar-refractivity contribution in [3.8, 4) is 11.1 Å². The van der Waals surface area contributed by atoms with Gasteiger partial charge in [-0.15, -0.1) is 0 Å². The first kappa shape index (κ1) is 26.6. The summed E-state index contributed by atoms with van der Waals surface area (Å²) in [7, 11) is 1.75. The zero-order valence-corrected chi connectivity index (χ0v) is 22.4. The standard InChI is InChI=1S/C27H38Cl2N4O2/c1-27(7-10-35-11-8-27)18-33-22-15-24(26(29)32-16-22)23-14-21(31-17-25(23)28)13-19-3-5-20(6-4-19)30-9-12-34-2/h14-17,19-20,30,33H,3-13,18H2,1-2H3. The van der Waals surface area contributed by atoms with Crippen molar-refractivity contribution >= 4 is 28.9 Å². The lowest BCUT2D eigenvalue weighted by Crippen LogP contribution is -2.35. The summed E-state index contributed by atoms with van der Waals surface area (Å²) in [6, 6.07) is 4.75. The second-order valence-corrected chi connectivity index (χ2v) is 11.1. The lowest BCUT2D eigenvalue weighted by Gasteiger charge is -2.33. The minimum Gasteiger partial charge on any atom is -0.383 e. The Labute approximate surface area is 219 Å². The van der Waals surface area contributed by atoms with Crippen LogP contribution < -0.4 is 10.6 Å². The van der Waals surface area contributed by atoms with Crippen LogP contribution in [0.5, 0.6) is 0 Å². The summed E-state index contributed by atoms with van der Waals surface area (Å²) < 4.78 is 10.7. The predicted octanol–water partition coefficient (Wildman–Crippen LogP) is 6.02. The summed E-state index contributed by atoms with van der Waals surface area (Å²) in [5.41, 5.74) is 3.96. The fourth-order valence-electron chi connectivity index (χ4n) is 5.12. The van der Waals surface area contributed by atoms with Crippen LogP contribution in [-0.2, 0) is 15.9 Å². The maximum Gasteiger partial charge on any atom is 0.137 e. The second-order valence-electron chi connectivity index (χ2n) is 10.4. The van der Waals surface area contributed by atoms with E-state index in [2.05, 4.69) is 39.7 Å². The molecule has 2 N–H and O–H groups in total. The third-order valence-corrected chi connectivity index (χ3v) is 8.15. The molecule has 0 atom stereocenters. The van der Waals surface area contributed by atoms with Crippen molar-refractivity contribution in [2.45, 2.75) is 57.9 Å². The van der Waals surface area contributed by atoms with E-state index in [-0.39, 0.29) is 5.41 Å². The molecular weight excluding hydrogens is 483 g/mol. The molecular formula is C27H38Cl2N4O2. The number of nitrogens with one attached hydrogen (secondary N) is 2. The van der Waals surface area contributed by atoms with Crippen LogP contribution >= 0.6 is 23.2 Å². The molecule has 8 heteroatoms. The summed E-state index contributed by atoms with van der Waals surface area (Å²) >= 11 is 13.1. The Balaban J connectivity index is 1.40. The molecule has 3 heterocycles. The smallest absolute Gasteiger partial charge is 0.137 e. The molecule has 0 spiro atoms. The van der Waals surface area contributed by atoms with Gasteiger partial charge in [-0.2, -0.15) is 0 Å². The number of methoxy groups -OCH3 is 1. The molecule has 0 radical (unpaired) electrons. The van der Waals surface area contributed by atoms with Gasteiger partial charge in [0.1, 0.15) is 5.15 Å². The topological polar surface area (TPSA) is 68.3 Å². The van der Waals surface area contributed by atoms with Crippen molar-refractivity contribution in [3.63, 3.8) is 0 Å². The van der Waals surface area contributed by atoms with Crippen molar-refractivity contribution in [1.29, 1.82) is 0 Å². The summed E-state index contributed by atoms with van der Waals surface area (Å²) in [6.45, 7) is 6.51. The van der Waals surface area contributed by atoms with E-state index in [0.717, 1.165) is 74.7 Å². The van der Waals surface area contributed by atoms with E-state index in [4.69, 9.17) is 32.7 Å². The summed E-state index contributed by atoms with van der Waals surface area (Å²) in [6.07, 6.45) is 11.4. The molecule has 2 aromatic rings. The minimum absolute atomic E-state index is 0.220. The Kier molecular flexibility index (Phi) is 9.65. The number of anilines is 1. The number of pyridine rings is 2. The van der Waals surface area contributed by atoms with E-state index in [9.17, 15) is 0 Å². The number of hydrogen-bond acceptors (Lipinski definition) is 6. The fraction of sp³-hybridized carbons (Fsp3) is 0.630. The van der Waals surface area contributed by atoms with Crippen molar-refractivity contribution in [2.24, 2.45) is 11.3 Å². The third kappa shape index (κ3) is 7.53. The van der Waals surface area contributed by atoms with Crippen molar-refractivity contribution < 1.29 is 9.47 Å². The second kappa shape index (κ2) is 12.7. The molecule has 2 aliphatic rings. The van der Waals surface area contributed by atoms with Gasteiger partial charge in [-0.05, 0) is 68.4 Å². The molecule has 0 amide bonds. The molecule has 0 aromatic carbocycles. The molecule has 2 aromatic heterocycles. The third-order valence-electron chi connectivity index (χ3n) is 7.54. The van der Waals surface area contributed by atoms with Crippen LogP contribution in [0.4, 0.5) is 5.69 Å². The van der Waals surface area contributed by atoms with Crippen LogP contribution in [-0.4, -0.2) is 56.0 Å². The fourth-order valence-corrected chi connectivity index (χ4v) is 5.53. The van der Waals surface area contributed by atoms with Crippen LogP contribution in [0.2, 0.25) is 10.2 Å². The summed E-state index contributed by atoms with van der Waals surface area (Å²) in [5, 5.41) is 8.21. The quantitative estimate of drug-likeness (QED) is 0.295. The molecule has 2 fully saturated rings. The normalized spacial score (nSPS) is 22.2.